The zero-order chi connectivity index (χ0) is 11.5. The second-order valence-corrected chi connectivity index (χ2v) is 3.13. The normalized spacial score (nSPS) is 10.0. The summed E-state index contributed by atoms with van der Waals surface area (Å²) in [7, 11) is 0. The number of carbonyl (C=O) groups excluding carboxylic acids is 1. The molecule has 2 rings (SSSR count). The van der Waals surface area contributed by atoms with Gasteiger partial charge in [-0.05, 0) is 6.07 Å². The number of imidazole rings is 1. The molecule has 2 aromatic rings. The van der Waals surface area contributed by atoms with E-state index < -0.39 is 5.97 Å². The number of carbonyl (C=O) groups is 2. The number of H-pyrrole nitrogens is 1. The van der Waals surface area contributed by atoms with Gasteiger partial charge in [0.05, 0.1) is 17.6 Å². The molecule has 5 nitrogen and oxygen atoms in total. The van der Waals surface area contributed by atoms with Gasteiger partial charge >= 0.3 is 5.97 Å². The molecular formula is C11H8N2O3. The monoisotopic (exact) mass is 216 g/mol. The van der Waals surface area contributed by atoms with Crippen LogP contribution in [-0.2, 0) is 0 Å². The number of aromatic amines is 1. The quantitative estimate of drug-likeness (QED) is 0.763. The number of hydrogen-bond donors (Lipinski definition) is 2. The predicted molar refractivity (Wildman–Crippen MR) is 56.4 cm³/mol. The van der Waals surface area contributed by atoms with E-state index in [2.05, 4.69) is 9.97 Å². The maximum Gasteiger partial charge on any atom is 0.336 e. The van der Waals surface area contributed by atoms with Gasteiger partial charge in [0.1, 0.15) is 5.69 Å². The van der Waals surface area contributed by atoms with Gasteiger partial charge in [-0.15, -0.1) is 0 Å². The molecule has 0 atom stereocenters. The zero-order valence-electron chi connectivity index (χ0n) is 8.18. The van der Waals surface area contributed by atoms with Crippen molar-refractivity contribution in [2.24, 2.45) is 0 Å². The summed E-state index contributed by atoms with van der Waals surface area (Å²) in [5.74, 6) is -1.05. The third-order valence-corrected chi connectivity index (χ3v) is 2.20. The Morgan fingerprint density at radius 1 is 1.38 bits per heavy atom. The van der Waals surface area contributed by atoms with E-state index in [1.54, 1.807) is 18.2 Å². The molecule has 0 radical (unpaired) electrons. The minimum absolute atomic E-state index is 0.123. The molecule has 1 aromatic heterocycles. The Bertz CT molecular complexity index is 546. The molecule has 0 bridgehead atoms. The summed E-state index contributed by atoms with van der Waals surface area (Å²) in [6.45, 7) is 0. The summed E-state index contributed by atoms with van der Waals surface area (Å²) in [5, 5.41) is 9.00. The molecule has 2 N–H and O–H groups in total. The van der Waals surface area contributed by atoms with Crippen molar-refractivity contribution in [2.75, 3.05) is 0 Å². The Morgan fingerprint density at radius 2 is 2.12 bits per heavy atom. The first-order valence-corrected chi connectivity index (χ1v) is 4.55. The number of nitrogens with zero attached hydrogens (tertiary/aromatic N) is 1. The van der Waals surface area contributed by atoms with Crippen LogP contribution in [0.1, 0.15) is 20.8 Å². The first kappa shape index (κ1) is 10.1. The Labute approximate surface area is 90.8 Å². The van der Waals surface area contributed by atoms with Crippen LogP contribution in [-0.4, -0.2) is 27.3 Å². The standard InChI is InChI=1S/C11H8N2O3/c14-5-9-10(13-6-12-9)7-3-1-2-4-8(7)11(15)16/h1-6H,(H,12,13)(H,15,16). The minimum Gasteiger partial charge on any atom is -0.478 e. The summed E-state index contributed by atoms with van der Waals surface area (Å²) >= 11 is 0. The van der Waals surface area contributed by atoms with Gasteiger partial charge < -0.3 is 10.1 Å². The van der Waals surface area contributed by atoms with E-state index in [4.69, 9.17) is 5.11 Å². The second kappa shape index (κ2) is 3.98. The maximum absolute atomic E-state index is 11.0. The van der Waals surface area contributed by atoms with Gasteiger partial charge in [0, 0.05) is 5.56 Å². The van der Waals surface area contributed by atoms with Crippen molar-refractivity contribution in [3.05, 3.63) is 41.9 Å². The smallest absolute Gasteiger partial charge is 0.336 e. The molecule has 0 amide bonds. The lowest BCUT2D eigenvalue weighted by Gasteiger charge is -2.02. The summed E-state index contributed by atoms with van der Waals surface area (Å²) in [6, 6.07) is 6.42. The van der Waals surface area contributed by atoms with Gasteiger partial charge in [-0.1, -0.05) is 18.2 Å². The largest absolute Gasteiger partial charge is 0.478 e. The van der Waals surface area contributed by atoms with Crippen molar-refractivity contribution in [1.82, 2.24) is 9.97 Å². The molecule has 0 aliphatic carbocycles. The maximum atomic E-state index is 11.0. The van der Waals surface area contributed by atoms with Gasteiger partial charge in [-0.3, -0.25) is 4.79 Å². The predicted octanol–water partition coefficient (Wildman–Crippen LogP) is 1.59. The first-order valence-electron chi connectivity index (χ1n) is 4.55. The molecule has 0 fully saturated rings. The highest BCUT2D eigenvalue weighted by atomic mass is 16.4. The van der Waals surface area contributed by atoms with Crippen molar-refractivity contribution in [1.29, 1.82) is 0 Å². The minimum atomic E-state index is -1.05. The number of nitrogens with one attached hydrogen (secondary N) is 1. The summed E-state index contributed by atoms with van der Waals surface area (Å²) in [4.78, 5) is 28.3. The Kier molecular flexibility index (Phi) is 2.51. The molecule has 1 aromatic carbocycles. The number of aromatic nitrogens is 2. The molecule has 80 valence electrons. The topological polar surface area (TPSA) is 83.0 Å². The molecule has 0 unspecified atom stereocenters. The van der Waals surface area contributed by atoms with Gasteiger partial charge in [-0.2, -0.15) is 0 Å². The Balaban J connectivity index is 2.64. The summed E-state index contributed by atoms with van der Waals surface area (Å²) in [5.41, 5.74) is 1.18. The SMILES string of the molecule is O=Cc1[nH]cnc1-c1ccccc1C(=O)O. The molecule has 1 heterocycles. The molecule has 0 spiro atoms. The molecule has 0 aliphatic rings. The van der Waals surface area contributed by atoms with Crippen molar-refractivity contribution in [3.8, 4) is 11.3 Å². The van der Waals surface area contributed by atoms with E-state index in [9.17, 15) is 9.59 Å². The van der Waals surface area contributed by atoms with Crippen LogP contribution in [0.4, 0.5) is 0 Å². The Morgan fingerprint density at radius 3 is 2.81 bits per heavy atom. The molecular weight excluding hydrogens is 208 g/mol. The van der Waals surface area contributed by atoms with Crippen LogP contribution in [0.15, 0.2) is 30.6 Å². The van der Waals surface area contributed by atoms with E-state index in [0.717, 1.165) is 0 Å². The highest BCUT2D eigenvalue weighted by molar-refractivity contribution is 5.97. The third-order valence-electron chi connectivity index (χ3n) is 2.20. The fourth-order valence-corrected chi connectivity index (χ4v) is 1.48. The second-order valence-electron chi connectivity index (χ2n) is 3.13. The van der Waals surface area contributed by atoms with E-state index in [-0.39, 0.29) is 11.3 Å². The van der Waals surface area contributed by atoms with Crippen LogP contribution in [0.25, 0.3) is 11.3 Å². The van der Waals surface area contributed by atoms with Crippen LogP contribution >= 0.6 is 0 Å². The lowest BCUT2D eigenvalue weighted by atomic mass is 10.0. The van der Waals surface area contributed by atoms with Crippen LogP contribution in [0, 0.1) is 0 Å². The van der Waals surface area contributed by atoms with Gasteiger partial charge in [0.2, 0.25) is 0 Å². The van der Waals surface area contributed by atoms with Gasteiger partial charge in [-0.25, -0.2) is 9.78 Å². The number of aromatic carboxylic acids is 1. The highest BCUT2D eigenvalue weighted by Crippen LogP contribution is 2.23. The van der Waals surface area contributed by atoms with E-state index in [0.29, 0.717) is 17.5 Å². The van der Waals surface area contributed by atoms with Crippen molar-refractivity contribution < 1.29 is 14.7 Å². The summed E-state index contributed by atoms with van der Waals surface area (Å²) in [6.07, 6.45) is 1.97. The first-order chi connectivity index (χ1) is 7.74. The van der Waals surface area contributed by atoms with E-state index in [1.165, 1.54) is 12.4 Å². The molecule has 5 heteroatoms. The molecule has 16 heavy (non-hydrogen) atoms. The van der Waals surface area contributed by atoms with Crippen molar-refractivity contribution in [2.45, 2.75) is 0 Å². The van der Waals surface area contributed by atoms with E-state index in [1.807, 2.05) is 0 Å². The average Bonchev–Trinajstić information content (AvgIpc) is 2.76. The number of rotatable bonds is 3. The van der Waals surface area contributed by atoms with E-state index >= 15 is 0 Å². The fourth-order valence-electron chi connectivity index (χ4n) is 1.48. The van der Waals surface area contributed by atoms with Crippen LogP contribution in [0.5, 0.6) is 0 Å². The Hall–Kier alpha value is -2.43. The zero-order valence-corrected chi connectivity index (χ0v) is 8.18. The number of benzene rings is 1. The number of aldehydes is 1. The molecule has 0 saturated carbocycles. The number of carboxylic acid groups (broad SMARTS) is 1. The fraction of sp³-hybridized carbons (Fsp3) is 0. The summed E-state index contributed by atoms with van der Waals surface area (Å²) < 4.78 is 0. The number of carboxylic acids is 1. The highest BCUT2D eigenvalue weighted by Gasteiger charge is 2.15. The van der Waals surface area contributed by atoms with Crippen LogP contribution in [0.3, 0.4) is 0 Å². The van der Waals surface area contributed by atoms with Crippen molar-refractivity contribution in [3.63, 3.8) is 0 Å². The molecule has 0 saturated heterocycles. The van der Waals surface area contributed by atoms with Crippen LogP contribution < -0.4 is 0 Å². The third kappa shape index (κ3) is 1.58. The lowest BCUT2D eigenvalue weighted by Crippen LogP contribution is -2.00. The lowest BCUT2D eigenvalue weighted by molar-refractivity contribution is 0.0697. The van der Waals surface area contributed by atoms with Gasteiger partial charge in [0.15, 0.2) is 6.29 Å². The molecule has 0 aliphatic heterocycles. The average molecular weight is 216 g/mol. The van der Waals surface area contributed by atoms with Gasteiger partial charge in [0.25, 0.3) is 0 Å². The van der Waals surface area contributed by atoms with Crippen molar-refractivity contribution >= 4 is 12.3 Å². The van der Waals surface area contributed by atoms with Crippen LogP contribution in [0.2, 0.25) is 0 Å². The number of hydrogen-bond acceptors (Lipinski definition) is 3.